The van der Waals surface area contributed by atoms with Gasteiger partial charge in [-0.15, -0.1) is 0 Å². The van der Waals surface area contributed by atoms with Crippen molar-refractivity contribution in [2.75, 3.05) is 20.3 Å². The number of aromatic nitrogens is 2. The molecule has 1 heterocycles. The van der Waals surface area contributed by atoms with Crippen molar-refractivity contribution < 1.29 is 28.6 Å². The molecule has 156 valence electrons. The molecule has 0 saturated heterocycles. The average molecular weight is 403 g/mol. The molecule has 0 spiro atoms. The van der Waals surface area contributed by atoms with Gasteiger partial charge in [-0.2, -0.15) is 0 Å². The zero-order valence-corrected chi connectivity index (χ0v) is 16.9. The molecule has 0 aliphatic rings. The van der Waals surface area contributed by atoms with Crippen LogP contribution in [-0.2, 0) is 30.3 Å². The van der Waals surface area contributed by atoms with Gasteiger partial charge < -0.3 is 24.5 Å². The first kappa shape index (κ1) is 21.9. The number of imidazole rings is 1. The Morgan fingerprint density at radius 1 is 1.07 bits per heavy atom. The number of ether oxygens (including phenoxy) is 3. The van der Waals surface area contributed by atoms with E-state index in [4.69, 9.17) is 14.2 Å². The van der Waals surface area contributed by atoms with Crippen molar-refractivity contribution in [2.45, 2.75) is 32.7 Å². The van der Waals surface area contributed by atoms with Crippen LogP contribution in [0, 0.1) is 0 Å². The van der Waals surface area contributed by atoms with Crippen LogP contribution in [0.5, 0.6) is 5.75 Å². The summed E-state index contributed by atoms with van der Waals surface area (Å²) in [7, 11) is 1.58. The average Bonchev–Trinajstić information content (AvgIpc) is 3.15. The monoisotopic (exact) mass is 403 g/mol. The molecule has 1 amide bonds. The highest BCUT2D eigenvalue weighted by molar-refractivity contribution is 6.08. The number of esters is 2. The number of rotatable bonds is 9. The Labute approximate surface area is 168 Å². The van der Waals surface area contributed by atoms with Gasteiger partial charge in [0.1, 0.15) is 11.6 Å². The van der Waals surface area contributed by atoms with Gasteiger partial charge in [-0.1, -0.05) is 0 Å². The fraction of sp³-hybridized carbons (Fsp3) is 0.400. The number of amides is 1. The van der Waals surface area contributed by atoms with E-state index in [1.165, 1.54) is 13.1 Å². The highest BCUT2D eigenvalue weighted by Gasteiger charge is 2.50. The molecular formula is C20H25N3O6. The number of carbonyl (C=O) groups excluding carboxylic acids is 3. The zero-order chi connectivity index (χ0) is 21.4. The number of carbonyl (C=O) groups is 3. The van der Waals surface area contributed by atoms with Gasteiger partial charge in [0, 0.05) is 30.8 Å². The van der Waals surface area contributed by atoms with Crippen LogP contribution in [0.1, 0.15) is 26.5 Å². The second-order valence-corrected chi connectivity index (χ2v) is 6.19. The Morgan fingerprint density at radius 2 is 1.66 bits per heavy atom. The first-order valence-corrected chi connectivity index (χ1v) is 9.17. The van der Waals surface area contributed by atoms with Gasteiger partial charge in [-0.3, -0.25) is 4.79 Å². The molecule has 0 saturated carbocycles. The van der Waals surface area contributed by atoms with Gasteiger partial charge in [0.15, 0.2) is 0 Å². The number of hydrogen-bond donors (Lipinski definition) is 2. The third kappa shape index (κ3) is 5.13. The van der Waals surface area contributed by atoms with E-state index < -0.39 is 23.4 Å². The molecule has 9 heteroatoms. The molecule has 0 unspecified atom stereocenters. The standard InChI is InChI=1S/C20H25N3O6/c1-5-28-18(25)20(23-13(3)24,19(26)29-6-2)11-15-12-21-17(22-15)14-7-9-16(27-4)10-8-14/h7-10,12H,5-6,11H2,1-4H3,(H,21,22)(H,23,24). The lowest BCUT2D eigenvalue weighted by Crippen LogP contribution is -2.62. The minimum atomic E-state index is -2.01. The van der Waals surface area contributed by atoms with Crippen LogP contribution < -0.4 is 10.1 Å². The predicted molar refractivity (Wildman–Crippen MR) is 104 cm³/mol. The molecule has 2 N–H and O–H groups in total. The first-order valence-electron chi connectivity index (χ1n) is 9.17. The summed E-state index contributed by atoms with van der Waals surface area (Å²) in [5.74, 6) is -1.12. The molecule has 1 aromatic carbocycles. The summed E-state index contributed by atoms with van der Waals surface area (Å²) in [6, 6.07) is 7.21. The topological polar surface area (TPSA) is 120 Å². The third-order valence-corrected chi connectivity index (χ3v) is 4.08. The highest BCUT2D eigenvalue weighted by atomic mass is 16.6. The quantitative estimate of drug-likeness (QED) is 0.482. The van der Waals surface area contributed by atoms with Crippen LogP contribution >= 0.6 is 0 Å². The zero-order valence-electron chi connectivity index (χ0n) is 16.9. The van der Waals surface area contributed by atoms with Crippen molar-refractivity contribution in [1.82, 2.24) is 15.3 Å². The van der Waals surface area contributed by atoms with E-state index in [1.54, 1.807) is 33.1 Å². The lowest BCUT2D eigenvalue weighted by Gasteiger charge is -2.29. The van der Waals surface area contributed by atoms with Crippen LogP contribution in [0.2, 0.25) is 0 Å². The van der Waals surface area contributed by atoms with Gasteiger partial charge in [0.2, 0.25) is 11.4 Å². The number of benzene rings is 1. The molecule has 1 aromatic heterocycles. The molecular weight excluding hydrogens is 378 g/mol. The lowest BCUT2D eigenvalue weighted by molar-refractivity contribution is -0.168. The van der Waals surface area contributed by atoms with Gasteiger partial charge in [-0.05, 0) is 38.1 Å². The number of methoxy groups -OCH3 is 1. The van der Waals surface area contributed by atoms with Crippen molar-refractivity contribution in [3.8, 4) is 17.1 Å². The molecule has 0 atom stereocenters. The largest absolute Gasteiger partial charge is 0.497 e. The summed E-state index contributed by atoms with van der Waals surface area (Å²) >= 11 is 0. The normalized spacial score (nSPS) is 10.9. The van der Waals surface area contributed by atoms with E-state index in [9.17, 15) is 14.4 Å². The van der Waals surface area contributed by atoms with E-state index in [-0.39, 0.29) is 19.6 Å². The van der Waals surface area contributed by atoms with Gasteiger partial charge >= 0.3 is 11.9 Å². The number of hydrogen-bond acceptors (Lipinski definition) is 7. The summed E-state index contributed by atoms with van der Waals surface area (Å²) in [4.78, 5) is 44.5. The van der Waals surface area contributed by atoms with Crippen molar-refractivity contribution in [1.29, 1.82) is 0 Å². The molecule has 0 bridgehead atoms. The Kier molecular flexibility index (Phi) is 7.35. The maximum Gasteiger partial charge on any atom is 0.344 e. The van der Waals surface area contributed by atoms with Gasteiger partial charge in [-0.25, -0.2) is 14.6 Å². The Morgan fingerprint density at radius 3 is 2.14 bits per heavy atom. The van der Waals surface area contributed by atoms with Crippen LogP contribution in [0.3, 0.4) is 0 Å². The van der Waals surface area contributed by atoms with Gasteiger partial charge in [0.25, 0.3) is 0 Å². The summed E-state index contributed by atoms with van der Waals surface area (Å²) in [5, 5.41) is 2.42. The van der Waals surface area contributed by atoms with Crippen molar-refractivity contribution in [3.05, 3.63) is 36.2 Å². The number of H-pyrrole nitrogens is 1. The summed E-state index contributed by atoms with van der Waals surface area (Å²) in [6.45, 7) is 4.52. The number of nitrogens with one attached hydrogen (secondary N) is 2. The van der Waals surface area contributed by atoms with Crippen LogP contribution in [0.25, 0.3) is 11.4 Å². The Hall–Kier alpha value is -3.36. The maximum atomic E-state index is 12.7. The number of nitrogens with zero attached hydrogens (tertiary/aromatic N) is 1. The molecule has 2 rings (SSSR count). The Balaban J connectivity index is 2.39. The fourth-order valence-corrected chi connectivity index (χ4v) is 2.81. The molecule has 9 nitrogen and oxygen atoms in total. The van der Waals surface area contributed by atoms with E-state index in [1.807, 2.05) is 12.1 Å². The molecule has 0 fully saturated rings. The van der Waals surface area contributed by atoms with Crippen LogP contribution in [0.15, 0.2) is 30.5 Å². The van der Waals surface area contributed by atoms with E-state index >= 15 is 0 Å². The van der Waals surface area contributed by atoms with E-state index in [0.717, 1.165) is 5.56 Å². The van der Waals surface area contributed by atoms with E-state index in [2.05, 4.69) is 15.3 Å². The van der Waals surface area contributed by atoms with E-state index in [0.29, 0.717) is 17.3 Å². The third-order valence-electron chi connectivity index (χ3n) is 4.08. The highest BCUT2D eigenvalue weighted by Crippen LogP contribution is 2.23. The molecule has 0 aliphatic carbocycles. The maximum absolute atomic E-state index is 12.7. The molecule has 2 aromatic rings. The predicted octanol–water partition coefficient (Wildman–Crippen LogP) is 1.63. The molecule has 0 radical (unpaired) electrons. The molecule has 0 aliphatic heterocycles. The lowest BCUT2D eigenvalue weighted by atomic mass is 9.93. The van der Waals surface area contributed by atoms with Crippen molar-refractivity contribution in [3.63, 3.8) is 0 Å². The second-order valence-electron chi connectivity index (χ2n) is 6.19. The number of aromatic amines is 1. The minimum absolute atomic E-state index is 0.0413. The summed E-state index contributed by atoms with van der Waals surface area (Å²) in [5.41, 5.74) is -0.776. The van der Waals surface area contributed by atoms with Gasteiger partial charge in [0.05, 0.1) is 20.3 Å². The smallest absolute Gasteiger partial charge is 0.344 e. The van der Waals surface area contributed by atoms with Crippen LogP contribution in [-0.4, -0.2) is 53.7 Å². The summed E-state index contributed by atoms with van der Waals surface area (Å²) < 4.78 is 15.3. The fourth-order valence-electron chi connectivity index (χ4n) is 2.81. The van der Waals surface area contributed by atoms with Crippen molar-refractivity contribution >= 4 is 17.8 Å². The second kappa shape index (κ2) is 9.72. The Bertz CT molecular complexity index is 841. The van der Waals surface area contributed by atoms with Crippen molar-refractivity contribution in [2.24, 2.45) is 0 Å². The summed E-state index contributed by atoms with van der Waals surface area (Å²) in [6.07, 6.45) is 1.29. The first-order chi connectivity index (χ1) is 13.9. The minimum Gasteiger partial charge on any atom is -0.497 e. The molecule has 29 heavy (non-hydrogen) atoms. The SMILES string of the molecule is CCOC(=O)C(Cc1cnc(-c2ccc(OC)cc2)[nH]1)(NC(C)=O)C(=O)OCC. The van der Waals surface area contributed by atoms with Crippen LogP contribution in [0.4, 0.5) is 0 Å².